The quantitative estimate of drug-likeness (QED) is 0.113. The van der Waals surface area contributed by atoms with Gasteiger partial charge in [0, 0.05) is 6.54 Å². The number of phenolic OH excluding ortho intramolecular Hbond substituents is 3. The molecule has 3 aromatic carbocycles. The molecule has 5 nitrogen and oxygen atoms in total. The number of phenols is 3. The van der Waals surface area contributed by atoms with Crippen molar-refractivity contribution < 1.29 is 15.3 Å². The summed E-state index contributed by atoms with van der Waals surface area (Å²) in [5, 5.41) is 36.1. The zero-order valence-corrected chi connectivity index (χ0v) is 28.5. The topological polar surface area (TPSA) is 76.0 Å². The first-order valence-electron chi connectivity index (χ1n) is 16.7. The van der Waals surface area contributed by atoms with Crippen LogP contribution in [-0.2, 0) is 24.8 Å². The maximum absolute atomic E-state index is 11.1. The monoisotopic (exact) mass is 630 g/mol. The second-order valence-corrected chi connectivity index (χ2v) is 14.1. The Morgan fingerprint density at radius 2 is 1.64 bits per heavy atom. The third kappa shape index (κ3) is 5.56. The molecule has 2 heterocycles. The van der Waals surface area contributed by atoms with Crippen LogP contribution in [0.25, 0.3) is 0 Å². The summed E-state index contributed by atoms with van der Waals surface area (Å²) in [6, 6.07) is 13.9. The number of fused-ring (bicyclic) bond motifs is 7. The van der Waals surface area contributed by atoms with Crippen LogP contribution in [0.2, 0.25) is 5.02 Å². The lowest BCUT2D eigenvalue weighted by molar-refractivity contribution is 0.152. The van der Waals surface area contributed by atoms with Crippen molar-refractivity contribution in [2.45, 2.75) is 103 Å². The van der Waals surface area contributed by atoms with E-state index in [1.807, 2.05) is 0 Å². The summed E-state index contributed by atoms with van der Waals surface area (Å²) in [7, 11) is 0. The molecule has 45 heavy (non-hydrogen) atoms. The van der Waals surface area contributed by atoms with Crippen LogP contribution in [-0.4, -0.2) is 27.4 Å². The smallest absolute Gasteiger partial charge is 0.204 e. The van der Waals surface area contributed by atoms with Gasteiger partial charge in [0.15, 0.2) is 11.5 Å². The van der Waals surface area contributed by atoms with Crippen molar-refractivity contribution >= 4 is 23.0 Å². The first-order chi connectivity index (χ1) is 21.5. The number of nitrogens with one attached hydrogen (secondary N) is 1. The lowest BCUT2D eigenvalue weighted by atomic mass is 9.66. The van der Waals surface area contributed by atoms with Gasteiger partial charge >= 0.3 is 0 Å². The zero-order chi connectivity index (χ0) is 32.7. The molecular weight excluding hydrogens is 580 g/mol. The number of piperidine rings is 1. The van der Waals surface area contributed by atoms with Crippen molar-refractivity contribution in [1.82, 2.24) is 0 Å². The Hall–Kier alpha value is -3.31. The number of aromatic hydroxyl groups is 3. The summed E-state index contributed by atoms with van der Waals surface area (Å²) in [6.07, 6.45) is 9.39. The summed E-state index contributed by atoms with van der Waals surface area (Å²) in [6.45, 7) is 17.9. The Bertz CT molecular complexity index is 1550. The third-order valence-corrected chi connectivity index (χ3v) is 11.6. The lowest BCUT2D eigenvalue weighted by Gasteiger charge is -2.60. The van der Waals surface area contributed by atoms with Crippen LogP contribution in [0.1, 0.15) is 92.7 Å². The fraction of sp³-hybridized carbons (Fsp3) is 0.487. The summed E-state index contributed by atoms with van der Waals surface area (Å²) in [5.41, 5.74) is 8.65. The minimum Gasteiger partial charge on any atom is -0.503 e. The SMILES string of the molecule is C=C.CCc1ccc(CCCC(C)CC2Cc3cc(C)c(C)cc3C23CCC2(CC)CN3c3c(Cl)c(O)c(O)c(O)c3N2)cc1. The van der Waals surface area contributed by atoms with E-state index in [4.69, 9.17) is 11.6 Å². The minimum atomic E-state index is -0.564. The number of benzene rings is 3. The lowest BCUT2D eigenvalue weighted by Crippen LogP contribution is -2.65. The third-order valence-electron chi connectivity index (χ3n) is 11.2. The highest BCUT2D eigenvalue weighted by molar-refractivity contribution is 6.36. The summed E-state index contributed by atoms with van der Waals surface area (Å²) in [4.78, 5) is 2.42. The van der Waals surface area contributed by atoms with E-state index in [0.29, 0.717) is 23.2 Å². The van der Waals surface area contributed by atoms with E-state index in [-0.39, 0.29) is 21.8 Å². The second kappa shape index (κ2) is 12.8. The average Bonchev–Trinajstić information content (AvgIpc) is 3.33. The zero-order valence-electron chi connectivity index (χ0n) is 27.8. The van der Waals surface area contributed by atoms with E-state index in [0.717, 1.165) is 51.5 Å². The molecule has 0 amide bonds. The Balaban J connectivity index is 0.00000196. The number of anilines is 2. The molecule has 3 aliphatic rings. The van der Waals surface area contributed by atoms with Crippen LogP contribution < -0.4 is 10.2 Å². The Morgan fingerprint density at radius 3 is 2.31 bits per heavy atom. The van der Waals surface area contributed by atoms with Gasteiger partial charge in [0.2, 0.25) is 5.75 Å². The van der Waals surface area contributed by atoms with Gasteiger partial charge in [0.05, 0.1) is 16.8 Å². The first-order valence-corrected chi connectivity index (χ1v) is 17.1. The maximum Gasteiger partial charge on any atom is 0.204 e. The number of nitrogens with zero attached hydrogens (tertiary/aromatic N) is 1. The molecule has 242 valence electrons. The number of hydrogen-bond donors (Lipinski definition) is 4. The number of hydrogen-bond acceptors (Lipinski definition) is 5. The van der Waals surface area contributed by atoms with E-state index in [1.54, 1.807) is 0 Å². The van der Waals surface area contributed by atoms with Gasteiger partial charge in [-0.2, -0.15) is 0 Å². The molecule has 1 aliphatic carbocycles. The van der Waals surface area contributed by atoms with Crippen molar-refractivity contribution in [3.63, 3.8) is 0 Å². The molecule has 4 unspecified atom stereocenters. The molecule has 1 fully saturated rings. The fourth-order valence-corrected chi connectivity index (χ4v) is 8.72. The van der Waals surface area contributed by atoms with Gasteiger partial charge in [0.25, 0.3) is 0 Å². The largest absolute Gasteiger partial charge is 0.503 e. The van der Waals surface area contributed by atoms with E-state index >= 15 is 0 Å². The van der Waals surface area contributed by atoms with Crippen LogP contribution in [0.4, 0.5) is 11.4 Å². The molecule has 0 aromatic heterocycles. The molecule has 2 aliphatic heterocycles. The molecule has 1 saturated heterocycles. The highest BCUT2D eigenvalue weighted by Gasteiger charge is 2.59. The fourth-order valence-electron chi connectivity index (χ4n) is 8.44. The van der Waals surface area contributed by atoms with E-state index < -0.39 is 11.5 Å². The predicted octanol–water partition coefficient (Wildman–Crippen LogP) is 9.73. The number of aryl methyl sites for hydroxylation is 4. The van der Waals surface area contributed by atoms with Gasteiger partial charge in [-0.15, -0.1) is 13.2 Å². The van der Waals surface area contributed by atoms with Crippen LogP contribution in [0.3, 0.4) is 0 Å². The van der Waals surface area contributed by atoms with Crippen molar-refractivity contribution in [2.24, 2.45) is 11.8 Å². The summed E-state index contributed by atoms with van der Waals surface area (Å²) >= 11 is 6.86. The summed E-state index contributed by atoms with van der Waals surface area (Å²) in [5.74, 6) is -0.444. The van der Waals surface area contributed by atoms with E-state index in [2.05, 4.69) is 94.4 Å². The number of halogens is 1. The van der Waals surface area contributed by atoms with Crippen LogP contribution in [0.5, 0.6) is 17.2 Å². The van der Waals surface area contributed by atoms with E-state index in [9.17, 15) is 15.3 Å². The molecule has 1 spiro atoms. The van der Waals surface area contributed by atoms with Crippen LogP contribution in [0.15, 0.2) is 49.6 Å². The van der Waals surface area contributed by atoms with Crippen molar-refractivity contribution in [2.75, 3.05) is 16.8 Å². The molecule has 2 bridgehead atoms. The molecule has 6 rings (SSSR count). The maximum atomic E-state index is 11.1. The average molecular weight is 631 g/mol. The van der Waals surface area contributed by atoms with Gasteiger partial charge in [0.1, 0.15) is 10.7 Å². The molecule has 0 radical (unpaired) electrons. The molecule has 3 aromatic rings. The Kier molecular flexibility index (Phi) is 9.43. The predicted molar refractivity (Wildman–Crippen MR) is 188 cm³/mol. The minimum absolute atomic E-state index is 0.0990. The van der Waals surface area contributed by atoms with Gasteiger partial charge in [-0.1, -0.05) is 75.2 Å². The molecular formula is C39H51ClN2O3. The number of rotatable bonds is 8. The molecule has 0 saturated carbocycles. The van der Waals surface area contributed by atoms with Crippen molar-refractivity contribution in [3.8, 4) is 17.2 Å². The first kappa shape index (κ1) is 33.1. The Labute approximate surface area is 275 Å². The molecule has 6 heteroatoms. The van der Waals surface area contributed by atoms with Crippen molar-refractivity contribution in [1.29, 1.82) is 0 Å². The van der Waals surface area contributed by atoms with Gasteiger partial charge < -0.3 is 25.5 Å². The van der Waals surface area contributed by atoms with Gasteiger partial charge in [-0.05, 0) is 110 Å². The normalized spacial score (nSPS) is 23.5. The van der Waals surface area contributed by atoms with E-state index in [1.165, 1.54) is 46.2 Å². The van der Waals surface area contributed by atoms with Crippen LogP contribution in [0, 0.1) is 25.7 Å². The second-order valence-electron chi connectivity index (χ2n) is 13.8. The van der Waals surface area contributed by atoms with Gasteiger partial charge in [-0.3, -0.25) is 0 Å². The molecule has 4 atom stereocenters. The Morgan fingerprint density at radius 1 is 0.978 bits per heavy atom. The van der Waals surface area contributed by atoms with Crippen LogP contribution >= 0.6 is 11.6 Å². The highest BCUT2D eigenvalue weighted by atomic mass is 35.5. The summed E-state index contributed by atoms with van der Waals surface area (Å²) < 4.78 is 0. The van der Waals surface area contributed by atoms with Crippen molar-refractivity contribution in [3.05, 3.63) is 88.0 Å². The highest BCUT2D eigenvalue weighted by Crippen LogP contribution is 2.64. The van der Waals surface area contributed by atoms with Gasteiger partial charge in [-0.25, -0.2) is 0 Å². The standard InChI is InChI=1S/C37H47ClN2O3.C2H4/c1-6-25-11-13-26(14-12-25)10-8-9-22(3)17-28-20-27-18-23(4)24(5)19-29(27)37(28)16-15-36(7-2)21-40(37)32-30(38)33(41)35(43)34(42)31(32)39-36;1-2/h11-14,18-19,22,28,39,41-43H,6-10,15-17,20-21H2,1-5H3;1-2H2. The molecule has 4 N–H and O–H groups in total.